The van der Waals surface area contributed by atoms with Crippen molar-refractivity contribution in [1.82, 2.24) is 0 Å². The van der Waals surface area contributed by atoms with Gasteiger partial charge in [0.05, 0.1) is 11.8 Å². The molecule has 0 amide bonds. The van der Waals surface area contributed by atoms with Gasteiger partial charge >= 0.3 is 0 Å². The van der Waals surface area contributed by atoms with Crippen molar-refractivity contribution in [3.05, 3.63) is 23.5 Å². The van der Waals surface area contributed by atoms with Crippen LogP contribution >= 0.6 is 0 Å². The zero-order valence-electron chi connectivity index (χ0n) is 10.9. The van der Waals surface area contributed by atoms with E-state index >= 15 is 0 Å². The van der Waals surface area contributed by atoms with Crippen molar-refractivity contribution in [2.75, 3.05) is 19.5 Å². The molecule has 1 aromatic rings. The number of Topliss-reactive ketones (excluding diaryl/α,β-unsaturated/α-hetero) is 1. The average molecular weight is 304 g/mol. The lowest BCUT2D eigenvalue weighted by Crippen LogP contribution is -2.34. The van der Waals surface area contributed by atoms with Crippen LogP contribution in [0.25, 0.3) is 0 Å². The predicted molar refractivity (Wildman–Crippen MR) is 67.1 cm³/mol. The van der Waals surface area contributed by atoms with Crippen molar-refractivity contribution in [2.45, 2.75) is 13.0 Å². The van der Waals surface area contributed by atoms with Crippen LogP contribution in [0.4, 0.5) is 4.39 Å². The molecule has 110 valence electrons. The van der Waals surface area contributed by atoms with Crippen molar-refractivity contribution in [2.24, 2.45) is 0 Å². The SMILES string of the molecule is CC(=O)c1cc(F)cc2c1OC[C@H](COS(C)(=O)=O)O2. The molecule has 1 aliphatic rings. The fourth-order valence-electron chi connectivity index (χ4n) is 1.74. The van der Waals surface area contributed by atoms with Gasteiger partial charge in [0, 0.05) is 6.07 Å². The zero-order chi connectivity index (χ0) is 14.9. The molecule has 0 aromatic heterocycles. The van der Waals surface area contributed by atoms with Crippen LogP contribution in [-0.2, 0) is 14.3 Å². The Morgan fingerprint density at radius 3 is 2.80 bits per heavy atom. The second-order valence-electron chi connectivity index (χ2n) is 4.38. The number of hydrogen-bond acceptors (Lipinski definition) is 6. The van der Waals surface area contributed by atoms with E-state index in [1.54, 1.807) is 0 Å². The number of rotatable bonds is 4. The number of ether oxygens (including phenoxy) is 2. The van der Waals surface area contributed by atoms with E-state index in [-0.39, 0.29) is 36.1 Å². The van der Waals surface area contributed by atoms with Gasteiger partial charge in [-0.05, 0) is 13.0 Å². The lowest BCUT2D eigenvalue weighted by molar-refractivity contribution is 0.0543. The molecule has 0 fully saturated rings. The number of hydrogen-bond donors (Lipinski definition) is 0. The normalized spacial score (nSPS) is 17.9. The predicted octanol–water partition coefficient (Wildman–Crippen LogP) is 1.14. The lowest BCUT2D eigenvalue weighted by Gasteiger charge is -2.27. The van der Waals surface area contributed by atoms with E-state index in [4.69, 9.17) is 9.47 Å². The Hall–Kier alpha value is -1.67. The molecule has 0 aliphatic carbocycles. The number of halogens is 1. The van der Waals surface area contributed by atoms with Crippen molar-refractivity contribution in [3.63, 3.8) is 0 Å². The molecule has 0 radical (unpaired) electrons. The first-order chi connectivity index (χ1) is 9.26. The molecule has 2 rings (SSSR count). The smallest absolute Gasteiger partial charge is 0.264 e. The minimum absolute atomic E-state index is 0.00837. The van der Waals surface area contributed by atoms with E-state index in [9.17, 15) is 17.6 Å². The average Bonchev–Trinajstić information content (AvgIpc) is 2.33. The minimum atomic E-state index is -3.59. The minimum Gasteiger partial charge on any atom is -0.485 e. The highest BCUT2D eigenvalue weighted by molar-refractivity contribution is 7.85. The first-order valence-electron chi connectivity index (χ1n) is 5.74. The maximum atomic E-state index is 13.4. The van der Waals surface area contributed by atoms with Crippen LogP contribution in [0.15, 0.2) is 12.1 Å². The van der Waals surface area contributed by atoms with E-state index in [2.05, 4.69) is 4.18 Å². The third kappa shape index (κ3) is 3.45. The summed E-state index contributed by atoms with van der Waals surface area (Å²) in [5, 5.41) is 0. The molecule has 0 saturated heterocycles. The second kappa shape index (κ2) is 5.37. The summed E-state index contributed by atoms with van der Waals surface area (Å²) in [7, 11) is -3.59. The van der Waals surface area contributed by atoms with Crippen molar-refractivity contribution >= 4 is 15.9 Å². The largest absolute Gasteiger partial charge is 0.485 e. The summed E-state index contributed by atoms with van der Waals surface area (Å²) < 4.78 is 50.5. The highest BCUT2D eigenvalue weighted by atomic mass is 32.2. The zero-order valence-corrected chi connectivity index (χ0v) is 11.7. The van der Waals surface area contributed by atoms with Gasteiger partial charge in [-0.25, -0.2) is 4.39 Å². The monoisotopic (exact) mass is 304 g/mol. The van der Waals surface area contributed by atoms with Crippen LogP contribution in [0.1, 0.15) is 17.3 Å². The van der Waals surface area contributed by atoms with Crippen LogP contribution in [0.5, 0.6) is 11.5 Å². The molecule has 0 spiro atoms. The molecular formula is C12H13FO6S. The maximum absolute atomic E-state index is 13.4. The topological polar surface area (TPSA) is 78.9 Å². The Morgan fingerprint density at radius 1 is 1.50 bits per heavy atom. The van der Waals surface area contributed by atoms with E-state index in [0.717, 1.165) is 18.4 Å². The molecule has 0 N–H and O–H groups in total. The summed E-state index contributed by atoms with van der Waals surface area (Å²) in [6.45, 7) is 1.05. The Labute approximate surface area is 115 Å². The molecule has 1 atom stereocenters. The maximum Gasteiger partial charge on any atom is 0.264 e. The quantitative estimate of drug-likeness (QED) is 0.613. The highest BCUT2D eigenvalue weighted by Gasteiger charge is 2.27. The van der Waals surface area contributed by atoms with Crippen LogP contribution in [0.3, 0.4) is 0 Å². The number of carbonyl (C=O) groups is 1. The van der Waals surface area contributed by atoms with Crippen LogP contribution in [0.2, 0.25) is 0 Å². The summed E-state index contributed by atoms with van der Waals surface area (Å²) in [6, 6.07) is 2.15. The Balaban J connectivity index is 2.20. The number of fused-ring (bicyclic) bond motifs is 1. The van der Waals surface area contributed by atoms with Crippen molar-refractivity contribution in [3.8, 4) is 11.5 Å². The van der Waals surface area contributed by atoms with Crippen LogP contribution < -0.4 is 9.47 Å². The molecule has 0 bridgehead atoms. The van der Waals surface area contributed by atoms with Crippen LogP contribution in [0, 0.1) is 5.82 Å². The molecule has 0 saturated carbocycles. The van der Waals surface area contributed by atoms with Gasteiger partial charge in [-0.15, -0.1) is 0 Å². The molecule has 6 nitrogen and oxygen atoms in total. The van der Waals surface area contributed by atoms with Gasteiger partial charge in [-0.3, -0.25) is 8.98 Å². The lowest BCUT2D eigenvalue weighted by atomic mass is 10.1. The van der Waals surface area contributed by atoms with Gasteiger partial charge in [-0.1, -0.05) is 0 Å². The van der Waals surface area contributed by atoms with E-state index in [1.165, 1.54) is 6.92 Å². The van der Waals surface area contributed by atoms with Gasteiger partial charge in [0.2, 0.25) is 0 Å². The molecular weight excluding hydrogens is 291 g/mol. The summed E-state index contributed by atoms with van der Waals surface area (Å²) in [6.07, 6.45) is 0.219. The van der Waals surface area contributed by atoms with Crippen molar-refractivity contribution < 1.29 is 31.3 Å². The highest BCUT2D eigenvalue weighted by Crippen LogP contribution is 2.36. The first-order valence-corrected chi connectivity index (χ1v) is 7.56. The summed E-state index contributed by atoms with van der Waals surface area (Å²) in [5.41, 5.74) is 0.0856. The second-order valence-corrected chi connectivity index (χ2v) is 6.02. The molecule has 1 heterocycles. The summed E-state index contributed by atoms with van der Waals surface area (Å²) >= 11 is 0. The summed E-state index contributed by atoms with van der Waals surface area (Å²) in [4.78, 5) is 11.4. The third-order valence-corrected chi connectivity index (χ3v) is 3.14. The van der Waals surface area contributed by atoms with Gasteiger partial charge in [0.1, 0.15) is 19.0 Å². The van der Waals surface area contributed by atoms with Crippen molar-refractivity contribution in [1.29, 1.82) is 0 Å². The third-order valence-electron chi connectivity index (χ3n) is 2.57. The van der Waals surface area contributed by atoms with E-state index in [1.807, 2.05) is 0 Å². The molecule has 1 aliphatic heterocycles. The molecule has 8 heteroatoms. The first kappa shape index (κ1) is 14.7. The fourth-order valence-corrected chi connectivity index (χ4v) is 2.14. The Morgan fingerprint density at radius 2 is 2.20 bits per heavy atom. The molecule has 1 aromatic carbocycles. The fraction of sp³-hybridized carbons (Fsp3) is 0.417. The van der Waals surface area contributed by atoms with Gasteiger partial charge < -0.3 is 9.47 Å². The van der Waals surface area contributed by atoms with Gasteiger partial charge in [0.15, 0.2) is 23.4 Å². The summed E-state index contributed by atoms with van der Waals surface area (Å²) in [5.74, 6) is -0.768. The van der Waals surface area contributed by atoms with Gasteiger partial charge in [0.25, 0.3) is 10.1 Å². The standard InChI is InChI=1S/C12H13FO6S/c1-7(14)10-3-8(13)4-11-12(10)17-5-9(19-11)6-18-20(2,15)16/h3-4,9H,5-6H2,1-2H3/t9-/m1/s1. The Kier molecular flexibility index (Phi) is 3.96. The molecule has 0 unspecified atom stereocenters. The number of ketones is 1. The van der Waals surface area contributed by atoms with E-state index in [0.29, 0.717) is 0 Å². The number of carbonyl (C=O) groups excluding carboxylic acids is 1. The number of benzene rings is 1. The van der Waals surface area contributed by atoms with Crippen LogP contribution in [-0.4, -0.2) is 39.8 Å². The Bertz CT molecular complexity index is 640. The van der Waals surface area contributed by atoms with Gasteiger partial charge in [-0.2, -0.15) is 8.42 Å². The molecule has 20 heavy (non-hydrogen) atoms. The van der Waals surface area contributed by atoms with E-state index < -0.39 is 22.0 Å².